The third-order valence-electron chi connectivity index (χ3n) is 3.03. The number of halogens is 1. The summed E-state index contributed by atoms with van der Waals surface area (Å²) < 4.78 is 6.16. The number of nitro benzene ring substituents is 1. The van der Waals surface area contributed by atoms with Gasteiger partial charge in [-0.25, -0.2) is 0 Å². The second-order valence-electron chi connectivity index (χ2n) is 4.33. The molecule has 0 atom stereocenters. The summed E-state index contributed by atoms with van der Waals surface area (Å²) in [6.07, 6.45) is 0. The number of aromatic nitrogens is 1. The number of hydrogen-bond acceptors (Lipinski definition) is 4. The van der Waals surface area contributed by atoms with Gasteiger partial charge >= 0.3 is 0 Å². The largest absolute Gasteiger partial charge is 0.355 e. The first-order valence-corrected chi connectivity index (χ1v) is 6.91. The average Bonchev–Trinajstić information content (AvgIpc) is 2.97. The highest BCUT2D eigenvalue weighted by Gasteiger charge is 2.19. The minimum Gasteiger partial charge on any atom is -0.355 e. The molecule has 1 aromatic heterocycles. The van der Waals surface area contributed by atoms with Crippen LogP contribution in [0.15, 0.2) is 63.6 Å². The van der Waals surface area contributed by atoms with Crippen LogP contribution in [0.4, 0.5) is 5.69 Å². The van der Waals surface area contributed by atoms with Crippen LogP contribution < -0.4 is 0 Å². The lowest BCUT2D eigenvalue weighted by Crippen LogP contribution is -1.90. The highest BCUT2D eigenvalue weighted by Crippen LogP contribution is 2.34. The van der Waals surface area contributed by atoms with E-state index in [1.807, 2.05) is 24.3 Å². The van der Waals surface area contributed by atoms with Crippen LogP contribution >= 0.6 is 15.9 Å². The Labute approximate surface area is 128 Å². The van der Waals surface area contributed by atoms with Crippen LogP contribution in [0, 0.1) is 10.1 Å². The molecule has 2 aromatic carbocycles. The molecule has 0 fully saturated rings. The van der Waals surface area contributed by atoms with Crippen molar-refractivity contribution in [2.75, 3.05) is 0 Å². The van der Waals surface area contributed by atoms with E-state index < -0.39 is 4.92 Å². The highest BCUT2D eigenvalue weighted by molar-refractivity contribution is 9.10. The molecule has 0 bridgehead atoms. The minimum absolute atomic E-state index is 0.00710. The van der Waals surface area contributed by atoms with Crippen molar-refractivity contribution in [2.24, 2.45) is 0 Å². The lowest BCUT2D eigenvalue weighted by Gasteiger charge is -1.98. The molecule has 0 saturated heterocycles. The maximum absolute atomic E-state index is 11.1. The molecule has 0 amide bonds. The summed E-state index contributed by atoms with van der Waals surface area (Å²) in [7, 11) is 0. The van der Waals surface area contributed by atoms with Gasteiger partial charge in [0.25, 0.3) is 5.69 Å². The van der Waals surface area contributed by atoms with Crippen LogP contribution in [0.3, 0.4) is 0 Å². The first kappa shape index (κ1) is 13.5. The van der Waals surface area contributed by atoms with Crippen LogP contribution in [0.2, 0.25) is 0 Å². The Morgan fingerprint density at radius 3 is 2.43 bits per heavy atom. The topological polar surface area (TPSA) is 69.2 Å². The Bertz CT molecular complexity index is 814. The molecule has 3 aromatic rings. The number of nitrogens with zero attached hydrogens (tertiary/aromatic N) is 2. The van der Waals surface area contributed by atoms with E-state index in [0.29, 0.717) is 17.0 Å². The first-order valence-electron chi connectivity index (χ1n) is 6.12. The molecule has 1 heterocycles. The van der Waals surface area contributed by atoms with Gasteiger partial charge in [0.1, 0.15) is 5.69 Å². The van der Waals surface area contributed by atoms with Gasteiger partial charge in [-0.3, -0.25) is 10.1 Å². The van der Waals surface area contributed by atoms with E-state index in [9.17, 15) is 10.1 Å². The zero-order valence-corrected chi connectivity index (χ0v) is 12.3. The number of nitro groups is 1. The Balaban J connectivity index is 2.08. The monoisotopic (exact) mass is 344 g/mol. The predicted molar refractivity (Wildman–Crippen MR) is 81.7 cm³/mol. The van der Waals surface area contributed by atoms with Gasteiger partial charge in [-0.2, -0.15) is 0 Å². The second kappa shape index (κ2) is 5.49. The summed E-state index contributed by atoms with van der Waals surface area (Å²) in [4.78, 5) is 10.6. The Morgan fingerprint density at radius 1 is 1.05 bits per heavy atom. The van der Waals surface area contributed by atoms with E-state index in [1.54, 1.807) is 24.3 Å². The van der Waals surface area contributed by atoms with Crippen molar-refractivity contribution in [3.63, 3.8) is 0 Å². The fraction of sp³-hybridized carbons (Fsp3) is 0. The van der Waals surface area contributed by atoms with Gasteiger partial charge in [0, 0.05) is 22.2 Å². The van der Waals surface area contributed by atoms with Gasteiger partial charge in [0.2, 0.25) is 0 Å². The zero-order valence-electron chi connectivity index (χ0n) is 10.7. The summed E-state index contributed by atoms with van der Waals surface area (Å²) in [6, 6.07) is 15.7. The van der Waals surface area contributed by atoms with E-state index in [2.05, 4.69) is 21.1 Å². The fourth-order valence-corrected chi connectivity index (χ4v) is 2.53. The Kier molecular flexibility index (Phi) is 3.53. The lowest BCUT2D eigenvalue weighted by molar-refractivity contribution is -0.384. The molecule has 0 aliphatic carbocycles. The molecular weight excluding hydrogens is 336 g/mol. The van der Waals surface area contributed by atoms with Gasteiger partial charge in [-0.05, 0) is 12.1 Å². The summed E-state index contributed by atoms with van der Waals surface area (Å²) >= 11 is 3.45. The van der Waals surface area contributed by atoms with E-state index in [1.165, 1.54) is 6.07 Å². The van der Waals surface area contributed by atoms with Gasteiger partial charge < -0.3 is 4.52 Å². The maximum Gasteiger partial charge on any atom is 0.280 e. The Hall–Kier alpha value is -2.47. The molecule has 21 heavy (non-hydrogen) atoms. The molecule has 0 spiro atoms. The smallest absolute Gasteiger partial charge is 0.280 e. The Morgan fingerprint density at radius 2 is 1.71 bits per heavy atom. The number of hydrogen-bond donors (Lipinski definition) is 0. The molecule has 0 saturated carbocycles. The van der Waals surface area contributed by atoms with E-state index >= 15 is 0 Å². The number of rotatable bonds is 3. The molecular formula is C15H9BrN2O3. The SMILES string of the molecule is O=[N+]([O-])c1ccccc1-c1cc(-c2ccccc2Br)no1. The maximum atomic E-state index is 11.1. The molecule has 0 aliphatic heterocycles. The summed E-state index contributed by atoms with van der Waals surface area (Å²) in [6.45, 7) is 0. The molecule has 6 heteroatoms. The van der Waals surface area contributed by atoms with Crippen LogP contribution in [0.5, 0.6) is 0 Å². The first-order chi connectivity index (χ1) is 10.2. The average molecular weight is 345 g/mol. The minimum atomic E-state index is -0.435. The van der Waals surface area contributed by atoms with Crippen LogP contribution in [-0.2, 0) is 0 Å². The predicted octanol–water partition coefficient (Wildman–Crippen LogP) is 4.68. The van der Waals surface area contributed by atoms with Crippen molar-refractivity contribution in [3.05, 3.63) is 69.2 Å². The summed E-state index contributed by atoms with van der Waals surface area (Å²) in [5, 5.41) is 15.1. The van der Waals surface area contributed by atoms with E-state index in [-0.39, 0.29) is 5.69 Å². The normalized spacial score (nSPS) is 10.5. The third-order valence-corrected chi connectivity index (χ3v) is 3.72. The molecule has 104 valence electrons. The lowest BCUT2D eigenvalue weighted by atomic mass is 10.1. The van der Waals surface area contributed by atoms with Crippen LogP contribution in [0.1, 0.15) is 0 Å². The second-order valence-corrected chi connectivity index (χ2v) is 5.18. The molecule has 0 aliphatic rings. The van der Waals surface area contributed by atoms with Crippen molar-refractivity contribution >= 4 is 21.6 Å². The van der Waals surface area contributed by atoms with Crippen LogP contribution in [0.25, 0.3) is 22.6 Å². The van der Waals surface area contributed by atoms with Crippen molar-refractivity contribution in [3.8, 4) is 22.6 Å². The van der Waals surface area contributed by atoms with Gasteiger partial charge in [0.15, 0.2) is 5.76 Å². The van der Waals surface area contributed by atoms with Crippen molar-refractivity contribution < 1.29 is 9.45 Å². The van der Waals surface area contributed by atoms with Crippen molar-refractivity contribution in [1.29, 1.82) is 0 Å². The van der Waals surface area contributed by atoms with Crippen LogP contribution in [-0.4, -0.2) is 10.1 Å². The summed E-state index contributed by atoms with van der Waals surface area (Å²) in [5.41, 5.74) is 1.89. The van der Waals surface area contributed by atoms with E-state index in [4.69, 9.17) is 4.52 Å². The van der Waals surface area contributed by atoms with Gasteiger partial charge in [-0.1, -0.05) is 51.4 Å². The highest BCUT2D eigenvalue weighted by atomic mass is 79.9. The standard InChI is InChI=1S/C15H9BrN2O3/c16-12-7-3-1-5-10(12)13-9-15(21-17-13)11-6-2-4-8-14(11)18(19)20/h1-9H. The molecule has 5 nitrogen and oxygen atoms in total. The summed E-state index contributed by atoms with van der Waals surface area (Å²) in [5.74, 6) is 0.369. The molecule has 3 rings (SSSR count). The molecule has 0 unspecified atom stereocenters. The quantitative estimate of drug-likeness (QED) is 0.511. The van der Waals surface area contributed by atoms with Crippen molar-refractivity contribution in [2.45, 2.75) is 0 Å². The van der Waals surface area contributed by atoms with Gasteiger partial charge in [0.05, 0.1) is 10.5 Å². The fourth-order valence-electron chi connectivity index (χ4n) is 2.04. The van der Waals surface area contributed by atoms with Gasteiger partial charge in [-0.15, -0.1) is 0 Å². The third kappa shape index (κ3) is 2.57. The molecule has 0 radical (unpaired) electrons. The molecule has 0 N–H and O–H groups in total. The zero-order chi connectivity index (χ0) is 14.8. The van der Waals surface area contributed by atoms with Crippen molar-refractivity contribution in [1.82, 2.24) is 5.16 Å². The number of benzene rings is 2. The number of para-hydroxylation sites is 1. The van der Waals surface area contributed by atoms with E-state index in [0.717, 1.165) is 10.0 Å².